The standard InChI is InChI=1S/C19H22N2O3/c1-14-16(9-12-24-14)13-20-18(23)19(2)10-6-11-21(19)17(22)15-7-4-3-5-8-15/h3-5,7-9,12H,6,10-11,13H2,1-2H3,(H,20,23)/t19-/m0/s1. The molecule has 0 bridgehead atoms. The molecule has 1 N–H and O–H groups in total. The van der Waals surface area contributed by atoms with E-state index < -0.39 is 5.54 Å². The lowest BCUT2D eigenvalue weighted by Crippen LogP contribution is -2.55. The van der Waals surface area contributed by atoms with E-state index in [2.05, 4.69) is 5.32 Å². The molecule has 0 unspecified atom stereocenters. The molecule has 0 aliphatic carbocycles. The number of likely N-dealkylation sites (tertiary alicyclic amines) is 1. The number of rotatable bonds is 4. The van der Waals surface area contributed by atoms with Crippen LogP contribution in [-0.4, -0.2) is 28.8 Å². The maximum absolute atomic E-state index is 12.8. The van der Waals surface area contributed by atoms with Crippen molar-refractivity contribution in [2.45, 2.75) is 38.8 Å². The van der Waals surface area contributed by atoms with Crippen molar-refractivity contribution in [2.75, 3.05) is 6.54 Å². The molecule has 2 aromatic rings. The number of nitrogens with one attached hydrogen (secondary N) is 1. The van der Waals surface area contributed by atoms with Crippen LogP contribution in [0.5, 0.6) is 0 Å². The van der Waals surface area contributed by atoms with Crippen molar-refractivity contribution in [2.24, 2.45) is 0 Å². The van der Waals surface area contributed by atoms with Gasteiger partial charge in [-0.15, -0.1) is 0 Å². The first-order valence-corrected chi connectivity index (χ1v) is 8.20. The summed E-state index contributed by atoms with van der Waals surface area (Å²) in [6.45, 7) is 4.72. The Hall–Kier alpha value is -2.56. The molecular weight excluding hydrogens is 304 g/mol. The van der Waals surface area contributed by atoms with E-state index >= 15 is 0 Å². The highest BCUT2D eigenvalue weighted by Crippen LogP contribution is 2.31. The van der Waals surface area contributed by atoms with Crippen LogP contribution in [0.15, 0.2) is 47.1 Å². The summed E-state index contributed by atoms with van der Waals surface area (Å²) in [5, 5.41) is 2.95. The van der Waals surface area contributed by atoms with Gasteiger partial charge in [0.2, 0.25) is 5.91 Å². The van der Waals surface area contributed by atoms with Crippen molar-refractivity contribution in [3.63, 3.8) is 0 Å². The van der Waals surface area contributed by atoms with Crippen LogP contribution in [0.4, 0.5) is 0 Å². The van der Waals surface area contributed by atoms with Gasteiger partial charge in [0.15, 0.2) is 0 Å². The molecule has 126 valence electrons. The number of hydrogen-bond donors (Lipinski definition) is 1. The fourth-order valence-corrected chi connectivity index (χ4v) is 3.22. The Bertz CT molecular complexity index is 738. The second kappa shape index (κ2) is 6.51. The Labute approximate surface area is 141 Å². The number of carbonyl (C=O) groups is 2. The summed E-state index contributed by atoms with van der Waals surface area (Å²) in [5.41, 5.74) is 0.750. The molecule has 1 aliphatic rings. The number of benzene rings is 1. The molecule has 0 spiro atoms. The van der Waals surface area contributed by atoms with Crippen molar-refractivity contribution in [1.29, 1.82) is 0 Å². The van der Waals surface area contributed by atoms with Gasteiger partial charge in [-0.25, -0.2) is 0 Å². The van der Waals surface area contributed by atoms with Gasteiger partial charge in [0.05, 0.1) is 6.26 Å². The third kappa shape index (κ3) is 2.94. The molecule has 1 fully saturated rings. The van der Waals surface area contributed by atoms with Gasteiger partial charge in [-0.3, -0.25) is 9.59 Å². The van der Waals surface area contributed by atoms with Crippen molar-refractivity contribution in [1.82, 2.24) is 10.2 Å². The molecule has 5 heteroatoms. The van der Waals surface area contributed by atoms with Gasteiger partial charge in [0, 0.05) is 24.2 Å². The predicted molar refractivity (Wildman–Crippen MR) is 90.4 cm³/mol. The molecule has 24 heavy (non-hydrogen) atoms. The van der Waals surface area contributed by atoms with E-state index in [4.69, 9.17) is 4.42 Å². The van der Waals surface area contributed by atoms with Crippen LogP contribution < -0.4 is 5.32 Å². The molecule has 1 aromatic carbocycles. The summed E-state index contributed by atoms with van der Waals surface area (Å²) >= 11 is 0. The molecule has 2 amide bonds. The van der Waals surface area contributed by atoms with Gasteiger partial charge in [-0.05, 0) is 44.9 Å². The van der Waals surface area contributed by atoms with Crippen molar-refractivity contribution >= 4 is 11.8 Å². The molecule has 1 aliphatic heterocycles. The molecule has 0 radical (unpaired) electrons. The van der Waals surface area contributed by atoms with Gasteiger partial charge in [-0.1, -0.05) is 18.2 Å². The average Bonchev–Trinajstić information content (AvgIpc) is 3.19. The second-order valence-corrected chi connectivity index (χ2v) is 6.38. The minimum Gasteiger partial charge on any atom is -0.469 e. The normalized spacial score (nSPS) is 20.2. The first-order chi connectivity index (χ1) is 11.5. The lowest BCUT2D eigenvalue weighted by molar-refractivity contribution is -0.130. The number of amides is 2. The molecule has 2 heterocycles. The average molecular weight is 326 g/mol. The van der Waals surface area contributed by atoms with Crippen LogP contribution in [0, 0.1) is 6.92 Å². The molecule has 1 aromatic heterocycles. The quantitative estimate of drug-likeness (QED) is 0.939. The molecule has 5 nitrogen and oxygen atoms in total. The minimum absolute atomic E-state index is 0.0924. The minimum atomic E-state index is -0.815. The summed E-state index contributed by atoms with van der Waals surface area (Å²) in [6.07, 6.45) is 3.11. The maximum Gasteiger partial charge on any atom is 0.254 e. The molecule has 1 saturated heterocycles. The first-order valence-electron chi connectivity index (χ1n) is 8.20. The van der Waals surface area contributed by atoms with E-state index in [0.29, 0.717) is 25.1 Å². The SMILES string of the molecule is Cc1occc1CNC(=O)[C@]1(C)CCCN1C(=O)c1ccccc1. The number of hydrogen-bond acceptors (Lipinski definition) is 3. The van der Waals surface area contributed by atoms with E-state index in [0.717, 1.165) is 17.7 Å². The smallest absolute Gasteiger partial charge is 0.254 e. The molecule has 3 rings (SSSR count). The number of nitrogens with zero attached hydrogens (tertiary/aromatic N) is 1. The number of carbonyl (C=O) groups excluding carboxylic acids is 2. The summed E-state index contributed by atoms with van der Waals surface area (Å²) in [7, 11) is 0. The van der Waals surface area contributed by atoms with Gasteiger partial charge in [0.25, 0.3) is 5.91 Å². The van der Waals surface area contributed by atoms with Crippen LogP contribution in [0.1, 0.15) is 41.4 Å². The Morgan fingerprint density at radius 3 is 2.67 bits per heavy atom. The zero-order valence-corrected chi connectivity index (χ0v) is 14.0. The zero-order chi connectivity index (χ0) is 17.2. The third-order valence-corrected chi connectivity index (χ3v) is 4.80. The van der Waals surface area contributed by atoms with Gasteiger partial charge in [-0.2, -0.15) is 0 Å². The first kappa shape index (κ1) is 16.3. The number of aryl methyl sites for hydroxylation is 1. The van der Waals surface area contributed by atoms with E-state index in [1.807, 2.05) is 38.1 Å². The Kier molecular flexibility index (Phi) is 4.42. The van der Waals surface area contributed by atoms with E-state index in [1.165, 1.54) is 0 Å². The zero-order valence-electron chi connectivity index (χ0n) is 14.0. The molecule has 1 atom stereocenters. The van der Waals surface area contributed by atoms with Gasteiger partial charge < -0.3 is 14.6 Å². The predicted octanol–water partition coefficient (Wildman–Crippen LogP) is 2.90. The highest BCUT2D eigenvalue weighted by atomic mass is 16.3. The monoisotopic (exact) mass is 326 g/mol. The van der Waals surface area contributed by atoms with E-state index in [9.17, 15) is 9.59 Å². The lowest BCUT2D eigenvalue weighted by atomic mass is 9.96. The highest BCUT2D eigenvalue weighted by molar-refractivity contribution is 5.99. The largest absolute Gasteiger partial charge is 0.469 e. The third-order valence-electron chi connectivity index (χ3n) is 4.80. The van der Waals surface area contributed by atoms with Gasteiger partial charge >= 0.3 is 0 Å². The molecular formula is C19H22N2O3. The van der Waals surface area contributed by atoms with Crippen molar-refractivity contribution < 1.29 is 14.0 Å². The van der Waals surface area contributed by atoms with Crippen molar-refractivity contribution in [3.8, 4) is 0 Å². The Morgan fingerprint density at radius 1 is 1.25 bits per heavy atom. The second-order valence-electron chi connectivity index (χ2n) is 6.38. The Morgan fingerprint density at radius 2 is 2.00 bits per heavy atom. The lowest BCUT2D eigenvalue weighted by Gasteiger charge is -2.34. The summed E-state index contributed by atoms with van der Waals surface area (Å²) in [5.74, 6) is 0.583. The van der Waals surface area contributed by atoms with Crippen LogP contribution in [-0.2, 0) is 11.3 Å². The van der Waals surface area contributed by atoms with E-state index in [-0.39, 0.29) is 11.8 Å². The highest BCUT2D eigenvalue weighted by Gasteiger charge is 2.45. The number of furan rings is 1. The van der Waals surface area contributed by atoms with Crippen LogP contribution in [0.25, 0.3) is 0 Å². The summed E-state index contributed by atoms with van der Waals surface area (Å²) < 4.78 is 5.25. The molecule has 0 saturated carbocycles. The van der Waals surface area contributed by atoms with Crippen LogP contribution in [0.3, 0.4) is 0 Å². The fourth-order valence-electron chi connectivity index (χ4n) is 3.22. The fraction of sp³-hybridized carbons (Fsp3) is 0.368. The Balaban J connectivity index is 1.73. The van der Waals surface area contributed by atoms with Crippen LogP contribution in [0.2, 0.25) is 0 Å². The van der Waals surface area contributed by atoms with E-state index in [1.54, 1.807) is 23.3 Å². The summed E-state index contributed by atoms with van der Waals surface area (Å²) in [6, 6.07) is 11.0. The topological polar surface area (TPSA) is 62.6 Å². The summed E-state index contributed by atoms with van der Waals surface area (Å²) in [4.78, 5) is 27.3. The van der Waals surface area contributed by atoms with Crippen LogP contribution >= 0.6 is 0 Å². The van der Waals surface area contributed by atoms with Gasteiger partial charge in [0.1, 0.15) is 11.3 Å². The van der Waals surface area contributed by atoms with Crippen molar-refractivity contribution in [3.05, 3.63) is 59.5 Å². The maximum atomic E-state index is 12.8.